The second-order valence-electron chi connectivity index (χ2n) is 5.61. The van der Waals surface area contributed by atoms with Gasteiger partial charge in [-0.25, -0.2) is 0 Å². The molecule has 0 aromatic heterocycles. The van der Waals surface area contributed by atoms with Crippen LogP contribution in [0.2, 0.25) is 0 Å². The highest BCUT2D eigenvalue weighted by atomic mass is 16.5. The lowest BCUT2D eigenvalue weighted by atomic mass is 9.89. The first-order valence-corrected chi connectivity index (χ1v) is 5.23. The van der Waals surface area contributed by atoms with Crippen molar-refractivity contribution in [2.24, 2.45) is 5.41 Å². The van der Waals surface area contributed by atoms with Gasteiger partial charge in [-0.15, -0.1) is 0 Å². The Morgan fingerprint density at radius 3 is 2.27 bits per heavy atom. The summed E-state index contributed by atoms with van der Waals surface area (Å²) >= 11 is 0. The van der Waals surface area contributed by atoms with Crippen molar-refractivity contribution in [3.05, 3.63) is 0 Å². The second-order valence-corrected chi connectivity index (χ2v) is 5.61. The van der Waals surface area contributed by atoms with Gasteiger partial charge in [-0.2, -0.15) is 0 Å². The van der Waals surface area contributed by atoms with E-state index in [1.165, 1.54) is 0 Å². The van der Waals surface area contributed by atoms with Crippen molar-refractivity contribution in [3.63, 3.8) is 0 Å². The molecule has 0 aromatic carbocycles. The Morgan fingerprint density at radius 2 is 1.93 bits per heavy atom. The summed E-state index contributed by atoms with van der Waals surface area (Å²) in [7, 11) is 0. The van der Waals surface area contributed by atoms with Gasteiger partial charge in [0.25, 0.3) is 0 Å². The first kappa shape index (κ1) is 12.5. The molecular formula is C11H20O4. The molecule has 1 aliphatic rings. The van der Waals surface area contributed by atoms with Crippen LogP contribution < -0.4 is 0 Å². The van der Waals surface area contributed by atoms with Crippen LogP contribution in [0.1, 0.15) is 40.5 Å². The fraction of sp³-hybridized carbons (Fsp3) is 0.909. The molecule has 3 atom stereocenters. The highest BCUT2D eigenvalue weighted by Gasteiger charge is 2.48. The van der Waals surface area contributed by atoms with Crippen LogP contribution in [0, 0.1) is 5.41 Å². The van der Waals surface area contributed by atoms with Crippen molar-refractivity contribution in [2.75, 3.05) is 0 Å². The number of hydrogen-bond donors (Lipinski definition) is 2. The molecule has 1 rings (SSSR count). The van der Waals surface area contributed by atoms with E-state index in [9.17, 15) is 9.90 Å². The van der Waals surface area contributed by atoms with Crippen molar-refractivity contribution >= 4 is 5.97 Å². The van der Waals surface area contributed by atoms with Crippen molar-refractivity contribution < 1.29 is 19.7 Å². The van der Waals surface area contributed by atoms with Crippen LogP contribution in [0.15, 0.2) is 0 Å². The van der Waals surface area contributed by atoms with E-state index in [1.807, 2.05) is 20.8 Å². The van der Waals surface area contributed by atoms with Crippen LogP contribution in [0.5, 0.6) is 0 Å². The summed E-state index contributed by atoms with van der Waals surface area (Å²) in [6.45, 7) is 7.35. The molecule has 4 nitrogen and oxygen atoms in total. The number of ether oxygens (including phenoxy) is 1. The highest BCUT2D eigenvalue weighted by Crippen LogP contribution is 2.40. The number of carbonyl (C=O) groups is 1. The Kier molecular flexibility index (Phi) is 3.12. The summed E-state index contributed by atoms with van der Waals surface area (Å²) in [6.07, 6.45) is -0.402. The average molecular weight is 216 g/mol. The number of rotatable bonds is 2. The topological polar surface area (TPSA) is 66.8 Å². The Morgan fingerprint density at radius 1 is 1.40 bits per heavy atom. The molecule has 15 heavy (non-hydrogen) atoms. The number of carboxylic acids is 1. The zero-order chi connectivity index (χ0) is 11.9. The number of carboxylic acid groups (broad SMARTS) is 1. The minimum Gasteiger partial charge on any atom is -0.481 e. The zero-order valence-electron chi connectivity index (χ0n) is 9.78. The molecule has 0 aliphatic heterocycles. The van der Waals surface area contributed by atoms with E-state index in [4.69, 9.17) is 9.84 Å². The van der Waals surface area contributed by atoms with Crippen molar-refractivity contribution in [2.45, 2.75) is 58.3 Å². The van der Waals surface area contributed by atoms with Gasteiger partial charge in [0.1, 0.15) is 0 Å². The summed E-state index contributed by atoms with van der Waals surface area (Å²) in [4.78, 5) is 11.0. The third kappa shape index (κ3) is 2.92. The van der Waals surface area contributed by atoms with Gasteiger partial charge >= 0.3 is 5.97 Å². The van der Waals surface area contributed by atoms with Crippen molar-refractivity contribution in [3.8, 4) is 0 Å². The molecule has 0 bridgehead atoms. The molecule has 88 valence electrons. The van der Waals surface area contributed by atoms with Gasteiger partial charge in [-0.05, 0) is 40.5 Å². The number of aliphatic carboxylic acids is 1. The van der Waals surface area contributed by atoms with E-state index in [2.05, 4.69) is 0 Å². The minimum atomic E-state index is -0.860. The van der Waals surface area contributed by atoms with Gasteiger partial charge < -0.3 is 14.9 Å². The van der Waals surface area contributed by atoms with E-state index in [-0.39, 0.29) is 18.1 Å². The van der Waals surface area contributed by atoms with E-state index in [1.54, 1.807) is 6.92 Å². The van der Waals surface area contributed by atoms with Gasteiger partial charge in [0, 0.05) is 0 Å². The molecule has 1 fully saturated rings. The molecule has 0 unspecified atom stereocenters. The second kappa shape index (κ2) is 3.76. The maximum atomic E-state index is 11.0. The van der Waals surface area contributed by atoms with Crippen molar-refractivity contribution in [1.82, 2.24) is 0 Å². The van der Waals surface area contributed by atoms with E-state index < -0.39 is 17.5 Å². The van der Waals surface area contributed by atoms with E-state index in [0.29, 0.717) is 6.42 Å². The van der Waals surface area contributed by atoms with Gasteiger partial charge in [0.05, 0.1) is 23.2 Å². The lowest BCUT2D eigenvalue weighted by Gasteiger charge is -2.27. The quantitative estimate of drug-likeness (QED) is 0.732. The first-order chi connectivity index (χ1) is 6.64. The predicted molar refractivity (Wildman–Crippen MR) is 55.6 cm³/mol. The fourth-order valence-corrected chi connectivity index (χ4v) is 2.01. The van der Waals surface area contributed by atoms with Crippen LogP contribution >= 0.6 is 0 Å². The zero-order valence-corrected chi connectivity index (χ0v) is 9.78. The predicted octanol–water partition coefficient (Wildman–Crippen LogP) is 1.42. The molecule has 0 radical (unpaired) electrons. The molecule has 4 heteroatoms. The standard InChI is InChI=1S/C11H20O4/c1-10(2,3)15-8-6-11(4,9(13)14)5-7(8)12/h7-8,12H,5-6H2,1-4H3,(H,13,14)/t7-,8-,11-/m1/s1. The molecule has 2 N–H and O–H groups in total. The van der Waals surface area contributed by atoms with Gasteiger partial charge in [-0.3, -0.25) is 4.79 Å². The number of aliphatic hydroxyl groups excluding tert-OH is 1. The lowest BCUT2D eigenvalue weighted by molar-refractivity contribution is -0.148. The van der Waals surface area contributed by atoms with E-state index in [0.717, 1.165) is 0 Å². The highest BCUT2D eigenvalue weighted by molar-refractivity contribution is 5.74. The van der Waals surface area contributed by atoms with Crippen LogP contribution in [-0.4, -0.2) is 34.0 Å². The van der Waals surface area contributed by atoms with E-state index >= 15 is 0 Å². The third-order valence-electron chi connectivity index (χ3n) is 2.76. The normalized spacial score (nSPS) is 36.9. The smallest absolute Gasteiger partial charge is 0.309 e. The summed E-state index contributed by atoms with van der Waals surface area (Å²) < 4.78 is 5.64. The molecule has 0 aromatic rings. The molecule has 0 spiro atoms. The summed E-state index contributed by atoms with van der Waals surface area (Å²) in [5, 5.41) is 18.8. The third-order valence-corrected chi connectivity index (χ3v) is 2.76. The number of hydrogen-bond acceptors (Lipinski definition) is 3. The Hall–Kier alpha value is -0.610. The Labute approximate surface area is 90.2 Å². The SMILES string of the molecule is CC(C)(C)O[C@@H]1C[C@](C)(C(=O)O)C[C@H]1O. The monoisotopic (exact) mass is 216 g/mol. The fourth-order valence-electron chi connectivity index (χ4n) is 2.01. The van der Waals surface area contributed by atoms with Gasteiger partial charge in [-0.1, -0.05) is 0 Å². The summed E-state index contributed by atoms with van der Waals surface area (Å²) in [6, 6.07) is 0. The summed E-state index contributed by atoms with van der Waals surface area (Å²) in [5.74, 6) is -0.860. The Balaban J connectivity index is 2.69. The summed E-state index contributed by atoms with van der Waals surface area (Å²) in [5.41, 5.74) is -1.20. The molecule has 0 amide bonds. The molecule has 0 heterocycles. The molecule has 1 aliphatic carbocycles. The van der Waals surface area contributed by atoms with Gasteiger partial charge in [0.2, 0.25) is 0 Å². The molecule has 0 saturated heterocycles. The Bertz CT molecular complexity index is 256. The largest absolute Gasteiger partial charge is 0.481 e. The first-order valence-electron chi connectivity index (χ1n) is 5.23. The van der Waals surface area contributed by atoms with Crippen LogP contribution in [0.25, 0.3) is 0 Å². The molecule has 1 saturated carbocycles. The van der Waals surface area contributed by atoms with Crippen LogP contribution in [0.3, 0.4) is 0 Å². The minimum absolute atomic E-state index is 0.267. The van der Waals surface area contributed by atoms with Crippen molar-refractivity contribution in [1.29, 1.82) is 0 Å². The lowest BCUT2D eigenvalue weighted by Crippen LogP contribution is -2.32. The number of aliphatic hydroxyl groups is 1. The molecular weight excluding hydrogens is 196 g/mol. The maximum Gasteiger partial charge on any atom is 0.309 e. The van der Waals surface area contributed by atoms with Crippen LogP contribution in [0.4, 0.5) is 0 Å². The maximum absolute atomic E-state index is 11.0. The van der Waals surface area contributed by atoms with Crippen LogP contribution in [-0.2, 0) is 9.53 Å². The average Bonchev–Trinajstić information content (AvgIpc) is 2.24. The van der Waals surface area contributed by atoms with Gasteiger partial charge in [0.15, 0.2) is 0 Å².